The van der Waals surface area contributed by atoms with Crippen LogP contribution in [0.15, 0.2) is 103 Å². The molecule has 0 heterocycles. The smallest absolute Gasteiger partial charge is 0.137 e. The van der Waals surface area contributed by atoms with Crippen molar-refractivity contribution in [1.82, 2.24) is 0 Å². The molecule has 0 aliphatic rings. The molecule has 0 N–H and O–H groups in total. The van der Waals surface area contributed by atoms with Crippen molar-refractivity contribution in [2.75, 3.05) is 32.8 Å². The maximum absolute atomic E-state index is 6.22. The molecule has 0 aromatic heterocycles. The molecule has 0 fully saturated rings. The van der Waals surface area contributed by atoms with Crippen molar-refractivity contribution in [3.05, 3.63) is 137 Å². The van der Waals surface area contributed by atoms with Crippen molar-refractivity contribution in [2.45, 2.75) is 20.8 Å². The van der Waals surface area contributed by atoms with Gasteiger partial charge in [-0.2, -0.15) is 0 Å². The molecular formula is C38H38NO+. The highest BCUT2D eigenvalue weighted by Gasteiger charge is 2.20. The van der Waals surface area contributed by atoms with Gasteiger partial charge in [-0.05, 0) is 90.6 Å². The molecule has 40 heavy (non-hydrogen) atoms. The zero-order valence-electron chi connectivity index (χ0n) is 23.9. The molecule has 0 bridgehead atoms. The number of likely N-dealkylation sites (N-methyl/N-ethyl adjacent to an activating group) is 1. The van der Waals surface area contributed by atoms with Crippen LogP contribution in [0, 0.1) is 24.7 Å². The Morgan fingerprint density at radius 1 is 0.575 bits per heavy atom. The minimum absolute atomic E-state index is 0.699. The molecule has 4 aromatic rings. The molecule has 0 aliphatic carbocycles. The van der Waals surface area contributed by atoms with E-state index < -0.39 is 0 Å². The first-order valence-corrected chi connectivity index (χ1v) is 14.1. The summed E-state index contributed by atoms with van der Waals surface area (Å²) < 4.78 is 7.29. The first kappa shape index (κ1) is 28.5. The van der Waals surface area contributed by atoms with E-state index in [-0.39, 0.29) is 0 Å². The van der Waals surface area contributed by atoms with Crippen LogP contribution >= 0.6 is 0 Å². The van der Waals surface area contributed by atoms with E-state index in [4.69, 9.17) is 17.6 Å². The molecule has 0 unspecified atom stereocenters. The topological polar surface area (TPSA) is 9.23 Å². The van der Waals surface area contributed by atoms with Gasteiger partial charge in [0.15, 0.2) is 0 Å². The average Bonchev–Trinajstić information content (AvgIpc) is 3.03. The van der Waals surface area contributed by atoms with E-state index in [1.807, 2.05) is 30.3 Å². The summed E-state index contributed by atoms with van der Waals surface area (Å²) in [6.45, 7) is 11.8. The lowest BCUT2D eigenvalue weighted by molar-refractivity contribution is -0.923. The Kier molecular flexibility index (Phi) is 9.64. The monoisotopic (exact) mass is 524 g/mol. The number of ether oxygens (including phenoxy) is 1. The van der Waals surface area contributed by atoms with Gasteiger partial charge in [-0.3, -0.25) is 0 Å². The summed E-state index contributed by atoms with van der Waals surface area (Å²) in [5.41, 5.74) is 8.35. The quantitative estimate of drug-likeness (QED) is 0.110. The number of hydrogen-bond acceptors (Lipinski definition) is 1. The molecular weight excluding hydrogens is 486 g/mol. The minimum Gasteiger partial charge on any atom is -0.488 e. The second-order valence-electron chi connectivity index (χ2n) is 9.95. The standard InChI is InChI=1S/C38H38NO/c1-6-30-16-20-33(21-17-30)38(34-22-18-31(7-2)19-23-34)37(32-14-12-11-13-15-32)35-24-26-36(27-25-35)40-29-28-39(8-3,9-4)10-5/h1-2,11-27H,8-10,28-29H2,3-5H3/q+1. The third kappa shape index (κ3) is 6.55. The van der Waals surface area contributed by atoms with Gasteiger partial charge in [-0.15, -0.1) is 12.8 Å². The molecule has 0 radical (unpaired) electrons. The van der Waals surface area contributed by atoms with Crippen molar-refractivity contribution < 1.29 is 9.22 Å². The molecule has 0 saturated carbocycles. The third-order valence-corrected chi connectivity index (χ3v) is 7.98. The zero-order chi connectivity index (χ0) is 28.4. The fourth-order valence-corrected chi connectivity index (χ4v) is 5.20. The lowest BCUT2D eigenvalue weighted by Gasteiger charge is -2.35. The third-order valence-electron chi connectivity index (χ3n) is 7.98. The predicted octanol–water partition coefficient (Wildman–Crippen LogP) is 7.91. The Bertz CT molecular complexity index is 1420. The van der Waals surface area contributed by atoms with Crippen LogP contribution in [0.25, 0.3) is 11.1 Å². The van der Waals surface area contributed by atoms with Gasteiger partial charge in [0.1, 0.15) is 18.9 Å². The fraction of sp³-hybridized carbons (Fsp3) is 0.211. The molecule has 4 aromatic carbocycles. The SMILES string of the molecule is C#Cc1ccc(C(=C(c2ccccc2)c2ccc(OCC[N+](CC)(CC)CC)cc2)c2ccc(C#C)cc2)cc1. The number of quaternary nitrogens is 1. The van der Waals surface area contributed by atoms with Crippen LogP contribution in [-0.4, -0.2) is 37.3 Å². The largest absolute Gasteiger partial charge is 0.488 e. The van der Waals surface area contributed by atoms with E-state index >= 15 is 0 Å². The normalized spacial score (nSPS) is 10.8. The Morgan fingerprint density at radius 3 is 1.38 bits per heavy atom. The Labute approximate surface area is 240 Å². The second-order valence-corrected chi connectivity index (χ2v) is 9.95. The van der Waals surface area contributed by atoms with E-state index in [1.54, 1.807) is 0 Å². The van der Waals surface area contributed by atoms with Crippen molar-refractivity contribution in [3.63, 3.8) is 0 Å². The van der Waals surface area contributed by atoms with Gasteiger partial charge < -0.3 is 9.22 Å². The van der Waals surface area contributed by atoms with Crippen molar-refractivity contribution in [1.29, 1.82) is 0 Å². The summed E-state index contributed by atoms with van der Waals surface area (Å²) in [6.07, 6.45) is 11.3. The summed E-state index contributed by atoms with van der Waals surface area (Å²) in [5, 5.41) is 0. The molecule has 2 heteroatoms. The first-order chi connectivity index (χ1) is 19.6. The molecule has 0 spiro atoms. The van der Waals surface area contributed by atoms with Gasteiger partial charge in [0, 0.05) is 11.1 Å². The van der Waals surface area contributed by atoms with Crippen molar-refractivity contribution in [3.8, 4) is 30.4 Å². The molecule has 200 valence electrons. The average molecular weight is 525 g/mol. The predicted molar refractivity (Wildman–Crippen MR) is 169 cm³/mol. The van der Waals surface area contributed by atoms with E-state index in [0.29, 0.717) is 6.61 Å². The summed E-state index contributed by atoms with van der Waals surface area (Å²) in [5.74, 6) is 6.35. The summed E-state index contributed by atoms with van der Waals surface area (Å²) in [4.78, 5) is 0. The highest BCUT2D eigenvalue weighted by Crippen LogP contribution is 2.37. The summed E-state index contributed by atoms with van der Waals surface area (Å²) >= 11 is 0. The van der Waals surface area contributed by atoms with Gasteiger partial charge in [-0.1, -0.05) is 78.6 Å². The highest BCUT2D eigenvalue weighted by molar-refractivity contribution is 6.04. The number of hydrogen-bond donors (Lipinski definition) is 0. The number of nitrogens with zero attached hydrogens (tertiary/aromatic N) is 1. The van der Waals surface area contributed by atoms with Crippen molar-refractivity contribution in [2.24, 2.45) is 0 Å². The second kappa shape index (κ2) is 13.5. The summed E-state index contributed by atoms with van der Waals surface area (Å²) in [6, 6.07) is 35.3. The Balaban J connectivity index is 1.80. The number of rotatable bonds is 11. The van der Waals surface area contributed by atoms with Crippen LogP contribution in [0.2, 0.25) is 0 Å². The van der Waals surface area contributed by atoms with Gasteiger partial charge in [0.25, 0.3) is 0 Å². The lowest BCUT2D eigenvalue weighted by atomic mass is 9.85. The van der Waals surface area contributed by atoms with Crippen LogP contribution in [0.3, 0.4) is 0 Å². The van der Waals surface area contributed by atoms with Gasteiger partial charge in [-0.25, -0.2) is 0 Å². The fourth-order valence-electron chi connectivity index (χ4n) is 5.20. The molecule has 2 nitrogen and oxygen atoms in total. The molecule has 4 rings (SSSR count). The van der Waals surface area contributed by atoms with E-state index in [1.165, 1.54) is 0 Å². The Hall–Kier alpha value is -4.50. The van der Waals surface area contributed by atoms with Gasteiger partial charge in [0.2, 0.25) is 0 Å². The van der Waals surface area contributed by atoms with Crippen LogP contribution in [0.4, 0.5) is 0 Å². The molecule has 0 atom stereocenters. The number of terminal acetylenes is 2. The zero-order valence-corrected chi connectivity index (χ0v) is 23.9. The van der Waals surface area contributed by atoms with Crippen molar-refractivity contribution >= 4 is 11.1 Å². The van der Waals surface area contributed by atoms with Crippen LogP contribution < -0.4 is 4.74 Å². The maximum Gasteiger partial charge on any atom is 0.137 e. The Morgan fingerprint density at radius 2 is 0.975 bits per heavy atom. The molecule has 0 saturated heterocycles. The summed E-state index contributed by atoms with van der Waals surface area (Å²) in [7, 11) is 0. The van der Waals surface area contributed by atoms with E-state index in [9.17, 15) is 0 Å². The van der Waals surface area contributed by atoms with Gasteiger partial charge >= 0.3 is 0 Å². The lowest BCUT2D eigenvalue weighted by Crippen LogP contribution is -2.49. The van der Waals surface area contributed by atoms with Crippen LogP contribution in [0.1, 0.15) is 54.2 Å². The number of benzene rings is 4. The van der Waals surface area contributed by atoms with Gasteiger partial charge in [0.05, 0.1) is 19.6 Å². The first-order valence-electron chi connectivity index (χ1n) is 14.1. The highest BCUT2D eigenvalue weighted by atomic mass is 16.5. The van der Waals surface area contributed by atoms with E-state index in [2.05, 4.69) is 105 Å². The van der Waals surface area contributed by atoms with E-state index in [0.717, 1.165) is 80.9 Å². The van der Waals surface area contributed by atoms with Crippen LogP contribution in [0.5, 0.6) is 5.75 Å². The molecule has 0 amide bonds. The minimum atomic E-state index is 0.699. The maximum atomic E-state index is 6.22. The van der Waals surface area contributed by atoms with Crippen LogP contribution in [-0.2, 0) is 0 Å². The molecule has 0 aliphatic heterocycles.